The Morgan fingerprint density at radius 2 is 1.85 bits per heavy atom. The van der Waals surface area contributed by atoms with Crippen molar-refractivity contribution in [1.82, 2.24) is 10.2 Å². The van der Waals surface area contributed by atoms with E-state index in [4.69, 9.17) is 4.74 Å². The number of piperidine rings is 1. The number of hydrogen-bond donors (Lipinski definition) is 1. The second-order valence-corrected chi connectivity index (χ2v) is 5.71. The molecule has 0 aromatic heterocycles. The third-order valence-corrected chi connectivity index (χ3v) is 3.96. The fourth-order valence-electron chi connectivity index (χ4n) is 2.51. The van der Waals surface area contributed by atoms with Gasteiger partial charge in [0.2, 0.25) is 0 Å². The van der Waals surface area contributed by atoms with Crippen LogP contribution in [0.5, 0.6) is 0 Å². The van der Waals surface area contributed by atoms with E-state index in [9.17, 15) is 4.79 Å². The molecular weight excluding hydrogens is 252 g/mol. The first kappa shape index (κ1) is 13.4. The molecule has 1 saturated heterocycles. The highest BCUT2D eigenvalue weighted by molar-refractivity contribution is 5.74. The van der Waals surface area contributed by atoms with Crippen molar-refractivity contribution < 1.29 is 9.53 Å². The monoisotopic (exact) mass is 274 g/mol. The third-order valence-electron chi connectivity index (χ3n) is 3.96. The molecule has 0 unspecified atom stereocenters. The number of nitrogens with zero attached hydrogens (tertiary/aromatic N) is 1. The van der Waals surface area contributed by atoms with Crippen molar-refractivity contribution in [1.29, 1.82) is 0 Å². The molecule has 1 saturated carbocycles. The van der Waals surface area contributed by atoms with Crippen LogP contribution in [0.15, 0.2) is 30.3 Å². The van der Waals surface area contributed by atoms with Crippen LogP contribution in [0, 0.1) is 0 Å². The lowest BCUT2D eigenvalue weighted by Gasteiger charge is -2.32. The lowest BCUT2D eigenvalue weighted by molar-refractivity contribution is 0.00445. The van der Waals surface area contributed by atoms with E-state index in [0.717, 1.165) is 38.8 Å². The van der Waals surface area contributed by atoms with E-state index in [-0.39, 0.29) is 12.1 Å². The van der Waals surface area contributed by atoms with Crippen molar-refractivity contribution in [3.05, 3.63) is 35.9 Å². The van der Waals surface area contributed by atoms with Gasteiger partial charge in [0.15, 0.2) is 0 Å². The van der Waals surface area contributed by atoms with Gasteiger partial charge in [-0.1, -0.05) is 30.3 Å². The molecule has 0 atom stereocenters. The van der Waals surface area contributed by atoms with Crippen LogP contribution in [0.4, 0.5) is 4.79 Å². The van der Waals surface area contributed by atoms with Gasteiger partial charge in [-0.2, -0.15) is 0 Å². The summed E-state index contributed by atoms with van der Waals surface area (Å²) in [6.45, 7) is 2.27. The summed E-state index contributed by atoms with van der Waals surface area (Å²) in [4.78, 5) is 13.8. The summed E-state index contributed by atoms with van der Waals surface area (Å²) in [5.41, 5.74) is 1.21. The minimum absolute atomic E-state index is 0.106. The van der Waals surface area contributed by atoms with Crippen LogP contribution in [-0.4, -0.2) is 36.2 Å². The van der Waals surface area contributed by atoms with Crippen LogP contribution in [0.25, 0.3) is 0 Å². The van der Waals surface area contributed by atoms with Crippen molar-refractivity contribution in [3.8, 4) is 0 Å². The average Bonchev–Trinajstić information content (AvgIpc) is 3.31. The lowest BCUT2D eigenvalue weighted by Crippen LogP contribution is -2.46. The van der Waals surface area contributed by atoms with Crippen LogP contribution in [0.2, 0.25) is 0 Å². The van der Waals surface area contributed by atoms with E-state index in [1.54, 1.807) is 0 Å². The van der Waals surface area contributed by atoms with Crippen molar-refractivity contribution >= 4 is 6.03 Å². The number of hydrogen-bond acceptors (Lipinski definition) is 2. The Labute approximate surface area is 120 Å². The van der Waals surface area contributed by atoms with E-state index in [1.165, 1.54) is 5.56 Å². The number of benzene rings is 1. The van der Waals surface area contributed by atoms with Gasteiger partial charge in [-0.25, -0.2) is 4.79 Å². The Morgan fingerprint density at radius 1 is 1.15 bits per heavy atom. The number of likely N-dealkylation sites (tertiary alicyclic amines) is 1. The minimum atomic E-state index is 0.106. The second kappa shape index (κ2) is 6.27. The van der Waals surface area contributed by atoms with Gasteiger partial charge in [-0.05, 0) is 31.2 Å². The van der Waals surface area contributed by atoms with Gasteiger partial charge < -0.3 is 15.0 Å². The molecular formula is C16H22N2O2. The predicted molar refractivity (Wildman–Crippen MR) is 77.4 cm³/mol. The van der Waals surface area contributed by atoms with Crippen molar-refractivity contribution in [2.45, 2.75) is 44.4 Å². The molecule has 4 heteroatoms. The zero-order valence-corrected chi connectivity index (χ0v) is 11.8. The summed E-state index contributed by atoms with van der Waals surface area (Å²) >= 11 is 0. The van der Waals surface area contributed by atoms with Gasteiger partial charge in [0.1, 0.15) is 0 Å². The lowest BCUT2D eigenvalue weighted by atomic mass is 10.1. The molecule has 1 aromatic rings. The zero-order valence-electron chi connectivity index (χ0n) is 11.8. The first-order valence-corrected chi connectivity index (χ1v) is 7.52. The SMILES string of the molecule is O=C(NC1CC1)N1CCC(OCc2ccccc2)CC1. The molecule has 1 aliphatic heterocycles. The molecule has 0 bridgehead atoms. The van der Waals surface area contributed by atoms with Crippen LogP contribution in [-0.2, 0) is 11.3 Å². The molecule has 0 radical (unpaired) electrons. The van der Waals surface area contributed by atoms with Crippen LogP contribution in [0.1, 0.15) is 31.2 Å². The van der Waals surface area contributed by atoms with E-state index < -0.39 is 0 Å². The molecule has 2 aliphatic rings. The van der Waals surface area contributed by atoms with Gasteiger partial charge >= 0.3 is 6.03 Å². The molecule has 1 N–H and O–H groups in total. The number of urea groups is 1. The first-order chi connectivity index (χ1) is 9.81. The van der Waals surface area contributed by atoms with Crippen LogP contribution >= 0.6 is 0 Å². The maximum Gasteiger partial charge on any atom is 0.317 e. The van der Waals surface area contributed by atoms with Gasteiger partial charge in [-0.15, -0.1) is 0 Å². The molecule has 0 spiro atoms. The number of ether oxygens (including phenoxy) is 1. The van der Waals surface area contributed by atoms with Crippen molar-refractivity contribution in [2.75, 3.05) is 13.1 Å². The standard InChI is InChI=1S/C16H22N2O2/c19-16(17-14-6-7-14)18-10-8-15(9-11-18)20-12-13-4-2-1-3-5-13/h1-5,14-15H,6-12H2,(H,17,19). The molecule has 2 fully saturated rings. The van der Waals surface area contributed by atoms with Crippen molar-refractivity contribution in [2.24, 2.45) is 0 Å². The Hall–Kier alpha value is -1.55. The maximum absolute atomic E-state index is 11.9. The Morgan fingerprint density at radius 3 is 2.50 bits per heavy atom. The zero-order chi connectivity index (χ0) is 13.8. The third kappa shape index (κ3) is 3.73. The topological polar surface area (TPSA) is 41.6 Å². The fraction of sp³-hybridized carbons (Fsp3) is 0.562. The highest BCUT2D eigenvalue weighted by Gasteiger charge is 2.28. The average molecular weight is 274 g/mol. The number of nitrogens with one attached hydrogen (secondary N) is 1. The summed E-state index contributed by atoms with van der Waals surface area (Å²) in [6.07, 6.45) is 4.43. The van der Waals surface area contributed by atoms with E-state index in [0.29, 0.717) is 12.6 Å². The first-order valence-electron chi connectivity index (χ1n) is 7.52. The van der Waals surface area contributed by atoms with Gasteiger partial charge in [-0.3, -0.25) is 0 Å². The highest BCUT2D eigenvalue weighted by atomic mass is 16.5. The summed E-state index contributed by atoms with van der Waals surface area (Å²) in [7, 11) is 0. The number of carbonyl (C=O) groups is 1. The Kier molecular flexibility index (Phi) is 4.21. The molecule has 4 nitrogen and oxygen atoms in total. The number of amides is 2. The van der Waals surface area contributed by atoms with Gasteiger partial charge in [0, 0.05) is 19.1 Å². The molecule has 1 aliphatic carbocycles. The normalized spacial score (nSPS) is 19.9. The molecule has 3 rings (SSSR count). The largest absolute Gasteiger partial charge is 0.373 e. The molecule has 1 heterocycles. The highest BCUT2D eigenvalue weighted by Crippen LogP contribution is 2.20. The van der Waals surface area contributed by atoms with Crippen LogP contribution < -0.4 is 5.32 Å². The summed E-state index contributed by atoms with van der Waals surface area (Å²) in [5, 5.41) is 3.04. The van der Waals surface area contributed by atoms with Crippen molar-refractivity contribution in [3.63, 3.8) is 0 Å². The van der Waals surface area contributed by atoms with Gasteiger partial charge in [0.25, 0.3) is 0 Å². The predicted octanol–water partition coefficient (Wildman–Crippen LogP) is 2.54. The Balaban J connectivity index is 1.38. The van der Waals surface area contributed by atoms with E-state index >= 15 is 0 Å². The summed E-state index contributed by atoms with van der Waals surface area (Å²) in [5.74, 6) is 0. The fourth-order valence-corrected chi connectivity index (χ4v) is 2.51. The molecule has 2 amide bonds. The molecule has 20 heavy (non-hydrogen) atoms. The minimum Gasteiger partial charge on any atom is -0.373 e. The van der Waals surface area contributed by atoms with Gasteiger partial charge in [0.05, 0.1) is 12.7 Å². The molecule has 108 valence electrons. The van der Waals surface area contributed by atoms with E-state index in [1.807, 2.05) is 23.1 Å². The maximum atomic E-state index is 11.9. The summed E-state index contributed by atoms with van der Waals surface area (Å²) < 4.78 is 5.93. The quantitative estimate of drug-likeness (QED) is 0.916. The second-order valence-electron chi connectivity index (χ2n) is 5.71. The summed E-state index contributed by atoms with van der Waals surface area (Å²) in [6, 6.07) is 10.8. The smallest absolute Gasteiger partial charge is 0.317 e. The van der Waals surface area contributed by atoms with E-state index in [2.05, 4.69) is 17.4 Å². The Bertz CT molecular complexity index is 437. The van der Waals surface area contributed by atoms with Crippen LogP contribution in [0.3, 0.4) is 0 Å². The number of carbonyl (C=O) groups excluding carboxylic acids is 1. The number of rotatable bonds is 4. The molecule has 1 aromatic carbocycles.